The van der Waals surface area contributed by atoms with Crippen LogP contribution in [0, 0.1) is 0 Å². The molecular weight excluding hydrogens is 290 g/mol. The van der Waals surface area contributed by atoms with Gasteiger partial charge in [-0.2, -0.15) is 0 Å². The van der Waals surface area contributed by atoms with Gasteiger partial charge in [0.25, 0.3) is 0 Å². The number of rotatable bonds is 9. The van der Waals surface area contributed by atoms with E-state index in [0.717, 1.165) is 13.0 Å². The van der Waals surface area contributed by atoms with E-state index in [0.29, 0.717) is 18.8 Å². The molecule has 0 aliphatic heterocycles. The lowest BCUT2D eigenvalue weighted by molar-refractivity contribution is 0.144. The van der Waals surface area contributed by atoms with Crippen LogP contribution < -0.4 is 10.1 Å². The van der Waals surface area contributed by atoms with E-state index in [1.54, 1.807) is 18.2 Å². The summed E-state index contributed by atoms with van der Waals surface area (Å²) in [5.74, 6) is 0.522. The van der Waals surface area contributed by atoms with Gasteiger partial charge in [0.15, 0.2) is 9.84 Å². The SMILES string of the molecule is CCCNC(C)(CO)CCOc1cccc(S(C)(=O)=O)c1. The van der Waals surface area contributed by atoms with Crippen molar-refractivity contribution in [3.8, 4) is 5.75 Å². The minimum absolute atomic E-state index is 0.0275. The van der Waals surface area contributed by atoms with Crippen LogP contribution in [0.3, 0.4) is 0 Å². The largest absolute Gasteiger partial charge is 0.493 e. The van der Waals surface area contributed by atoms with E-state index in [9.17, 15) is 13.5 Å². The molecule has 1 unspecified atom stereocenters. The number of benzene rings is 1. The summed E-state index contributed by atoms with van der Waals surface area (Å²) in [7, 11) is -3.23. The topological polar surface area (TPSA) is 75.6 Å². The Morgan fingerprint density at radius 1 is 1.38 bits per heavy atom. The van der Waals surface area contributed by atoms with Crippen molar-refractivity contribution in [1.29, 1.82) is 0 Å². The number of sulfone groups is 1. The maximum Gasteiger partial charge on any atom is 0.175 e. The Hall–Kier alpha value is -1.11. The molecule has 1 rings (SSSR count). The van der Waals surface area contributed by atoms with Gasteiger partial charge < -0.3 is 15.2 Å². The Kier molecular flexibility index (Phi) is 6.64. The summed E-state index contributed by atoms with van der Waals surface area (Å²) in [6.07, 6.45) is 2.79. The van der Waals surface area contributed by atoms with Gasteiger partial charge in [0, 0.05) is 18.2 Å². The molecule has 0 radical (unpaired) electrons. The molecule has 0 amide bonds. The summed E-state index contributed by atoms with van der Waals surface area (Å²) < 4.78 is 28.6. The average molecular weight is 315 g/mol. The van der Waals surface area contributed by atoms with Crippen molar-refractivity contribution in [1.82, 2.24) is 5.32 Å². The van der Waals surface area contributed by atoms with Crippen LogP contribution in [-0.4, -0.2) is 45.1 Å². The van der Waals surface area contributed by atoms with E-state index < -0.39 is 9.84 Å². The highest BCUT2D eigenvalue weighted by Crippen LogP contribution is 2.18. The number of hydrogen-bond donors (Lipinski definition) is 2. The molecule has 0 aliphatic carbocycles. The summed E-state index contributed by atoms with van der Waals surface area (Å²) in [6.45, 7) is 5.28. The van der Waals surface area contributed by atoms with Gasteiger partial charge in [-0.15, -0.1) is 0 Å². The van der Waals surface area contributed by atoms with Crippen molar-refractivity contribution in [3.63, 3.8) is 0 Å². The molecule has 0 aromatic heterocycles. The third-order valence-electron chi connectivity index (χ3n) is 3.31. The van der Waals surface area contributed by atoms with Gasteiger partial charge >= 0.3 is 0 Å². The molecule has 0 heterocycles. The van der Waals surface area contributed by atoms with Gasteiger partial charge in [0.05, 0.1) is 18.1 Å². The van der Waals surface area contributed by atoms with Crippen molar-refractivity contribution in [2.75, 3.05) is 26.0 Å². The van der Waals surface area contributed by atoms with Gasteiger partial charge in [-0.05, 0) is 38.1 Å². The van der Waals surface area contributed by atoms with Crippen molar-refractivity contribution >= 4 is 9.84 Å². The monoisotopic (exact) mass is 315 g/mol. The second kappa shape index (κ2) is 7.77. The fourth-order valence-corrected chi connectivity index (χ4v) is 2.49. The first-order valence-corrected chi connectivity index (χ1v) is 8.99. The number of hydrogen-bond acceptors (Lipinski definition) is 5. The number of ether oxygens (including phenoxy) is 1. The Morgan fingerprint density at radius 2 is 2.10 bits per heavy atom. The number of aliphatic hydroxyl groups is 1. The number of nitrogens with one attached hydrogen (secondary N) is 1. The molecule has 1 aromatic carbocycles. The Labute approximate surface area is 127 Å². The first kappa shape index (κ1) is 17.9. The Bertz CT molecular complexity index is 544. The minimum atomic E-state index is -3.23. The molecule has 0 saturated carbocycles. The molecule has 0 spiro atoms. The summed E-state index contributed by atoms with van der Waals surface area (Å²) in [5.41, 5.74) is -0.384. The van der Waals surface area contributed by atoms with Crippen LogP contribution in [0.15, 0.2) is 29.2 Å². The Balaban J connectivity index is 2.59. The van der Waals surface area contributed by atoms with Crippen LogP contribution in [0.4, 0.5) is 0 Å². The lowest BCUT2D eigenvalue weighted by atomic mass is 9.99. The predicted molar refractivity (Wildman–Crippen MR) is 83.4 cm³/mol. The third-order valence-corrected chi connectivity index (χ3v) is 4.42. The maximum atomic E-state index is 11.5. The lowest BCUT2D eigenvalue weighted by Gasteiger charge is -2.28. The van der Waals surface area contributed by atoms with E-state index >= 15 is 0 Å². The van der Waals surface area contributed by atoms with Gasteiger partial charge in [-0.3, -0.25) is 0 Å². The van der Waals surface area contributed by atoms with Gasteiger partial charge in [-0.25, -0.2) is 8.42 Å². The van der Waals surface area contributed by atoms with Crippen LogP contribution in [0.1, 0.15) is 26.7 Å². The summed E-state index contributed by atoms with van der Waals surface area (Å²) in [6, 6.07) is 6.45. The molecule has 2 N–H and O–H groups in total. The first-order chi connectivity index (χ1) is 9.80. The molecule has 0 saturated heterocycles. The van der Waals surface area contributed by atoms with Crippen LogP contribution in [0.2, 0.25) is 0 Å². The van der Waals surface area contributed by atoms with E-state index in [1.807, 2.05) is 6.92 Å². The highest BCUT2D eigenvalue weighted by Gasteiger charge is 2.22. The summed E-state index contributed by atoms with van der Waals surface area (Å²) in [5, 5.41) is 12.8. The quantitative estimate of drug-likeness (QED) is 0.724. The standard InChI is InChI=1S/C15H25NO4S/c1-4-9-16-15(2,12-17)8-10-20-13-6-5-7-14(11-13)21(3,18)19/h5-7,11,16-17H,4,8-10,12H2,1-3H3. The molecule has 1 aromatic rings. The lowest BCUT2D eigenvalue weighted by Crippen LogP contribution is -2.47. The van der Waals surface area contributed by atoms with Crippen molar-refractivity contribution < 1.29 is 18.3 Å². The highest BCUT2D eigenvalue weighted by atomic mass is 32.2. The second-order valence-electron chi connectivity index (χ2n) is 5.49. The molecule has 0 bridgehead atoms. The third kappa shape index (κ3) is 6.03. The van der Waals surface area contributed by atoms with E-state index in [1.165, 1.54) is 12.3 Å². The fraction of sp³-hybridized carbons (Fsp3) is 0.600. The zero-order valence-corrected chi connectivity index (χ0v) is 13.7. The van der Waals surface area contributed by atoms with Crippen molar-refractivity contribution in [3.05, 3.63) is 24.3 Å². The molecular formula is C15H25NO4S. The van der Waals surface area contributed by atoms with Crippen LogP contribution >= 0.6 is 0 Å². The van der Waals surface area contributed by atoms with Crippen molar-refractivity contribution in [2.45, 2.75) is 37.1 Å². The van der Waals surface area contributed by atoms with Crippen molar-refractivity contribution in [2.24, 2.45) is 0 Å². The summed E-state index contributed by atoms with van der Waals surface area (Å²) in [4.78, 5) is 0.244. The predicted octanol–water partition coefficient (Wildman–Crippen LogP) is 1.61. The number of aliphatic hydroxyl groups excluding tert-OH is 1. The average Bonchev–Trinajstić information content (AvgIpc) is 2.44. The smallest absolute Gasteiger partial charge is 0.175 e. The molecule has 1 atom stereocenters. The van der Waals surface area contributed by atoms with Crippen LogP contribution in [0.5, 0.6) is 5.75 Å². The first-order valence-electron chi connectivity index (χ1n) is 7.09. The second-order valence-corrected chi connectivity index (χ2v) is 7.51. The normalized spacial score (nSPS) is 14.7. The molecule has 5 nitrogen and oxygen atoms in total. The molecule has 6 heteroatoms. The van der Waals surface area contributed by atoms with Gasteiger partial charge in [-0.1, -0.05) is 13.0 Å². The van der Waals surface area contributed by atoms with E-state index in [2.05, 4.69) is 12.2 Å². The fourth-order valence-electron chi connectivity index (χ4n) is 1.84. The molecule has 0 aliphatic rings. The maximum absolute atomic E-state index is 11.5. The van der Waals surface area contributed by atoms with Crippen LogP contribution in [-0.2, 0) is 9.84 Å². The molecule has 120 valence electrons. The van der Waals surface area contributed by atoms with E-state index in [4.69, 9.17) is 4.74 Å². The minimum Gasteiger partial charge on any atom is -0.493 e. The zero-order chi connectivity index (χ0) is 15.9. The van der Waals surface area contributed by atoms with Gasteiger partial charge in [0.1, 0.15) is 5.75 Å². The van der Waals surface area contributed by atoms with Crippen LogP contribution in [0.25, 0.3) is 0 Å². The Morgan fingerprint density at radius 3 is 2.67 bits per heavy atom. The molecule has 21 heavy (non-hydrogen) atoms. The highest BCUT2D eigenvalue weighted by molar-refractivity contribution is 7.90. The zero-order valence-electron chi connectivity index (χ0n) is 12.9. The van der Waals surface area contributed by atoms with Gasteiger partial charge in [0.2, 0.25) is 0 Å². The van der Waals surface area contributed by atoms with E-state index in [-0.39, 0.29) is 17.0 Å². The summed E-state index contributed by atoms with van der Waals surface area (Å²) >= 11 is 0. The molecule has 0 fully saturated rings.